The van der Waals surface area contributed by atoms with Crippen molar-refractivity contribution in [1.29, 1.82) is 0 Å². The first-order chi connectivity index (χ1) is 12.7. The zero-order chi connectivity index (χ0) is 17.9. The molecule has 0 bridgehead atoms. The summed E-state index contributed by atoms with van der Waals surface area (Å²) in [6.45, 7) is 8.21. The Morgan fingerprint density at radius 2 is 1.46 bits per heavy atom. The minimum absolute atomic E-state index is 0.194. The van der Waals surface area contributed by atoms with E-state index in [4.69, 9.17) is 0 Å². The van der Waals surface area contributed by atoms with Gasteiger partial charge in [-0.2, -0.15) is 0 Å². The quantitative estimate of drug-likeness (QED) is 0.832. The molecule has 0 spiro atoms. The van der Waals surface area contributed by atoms with Gasteiger partial charge in [-0.3, -0.25) is 4.79 Å². The van der Waals surface area contributed by atoms with Gasteiger partial charge in [-0.25, -0.2) is 9.97 Å². The highest BCUT2D eigenvalue weighted by molar-refractivity contribution is 5.79. The first-order valence-corrected chi connectivity index (χ1v) is 10.3. The summed E-state index contributed by atoms with van der Waals surface area (Å²) in [6.07, 6.45) is 8.39. The summed E-state index contributed by atoms with van der Waals surface area (Å²) in [4.78, 5) is 28.5. The average Bonchev–Trinajstić information content (AvgIpc) is 3.23. The van der Waals surface area contributed by atoms with E-state index in [1.807, 2.05) is 0 Å². The summed E-state index contributed by atoms with van der Waals surface area (Å²) in [5.74, 6) is 3.41. The van der Waals surface area contributed by atoms with Crippen LogP contribution in [-0.4, -0.2) is 60.0 Å². The minimum atomic E-state index is 0.194. The Bertz CT molecular complexity index is 614. The van der Waals surface area contributed by atoms with Crippen LogP contribution in [0.5, 0.6) is 0 Å². The second kappa shape index (κ2) is 7.80. The van der Waals surface area contributed by atoms with E-state index in [1.54, 1.807) is 6.33 Å². The number of nitrogens with zero attached hydrogens (tertiary/aromatic N) is 5. The van der Waals surface area contributed by atoms with Crippen LogP contribution in [0.4, 0.5) is 11.6 Å². The molecule has 0 N–H and O–H groups in total. The number of piperidine rings is 2. The lowest BCUT2D eigenvalue weighted by Crippen LogP contribution is -2.45. The Hall–Kier alpha value is -1.85. The van der Waals surface area contributed by atoms with Crippen molar-refractivity contribution in [1.82, 2.24) is 14.9 Å². The van der Waals surface area contributed by atoms with Gasteiger partial charge in [-0.05, 0) is 44.4 Å². The summed E-state index contributed by atoms with van der Waals surface area (Å²) in [5, 5.41) is 0. The summed E-state index contributed by atoms with van der Waals surface area (Å²) in [6, 6.07) is 2.12. The molecule has 4 rings (SSSR count). The van der Waals surface area contributed by atoms with Crippen molar-refractivity contribution in [3.05, 3.63) is 12.4 Å². The first kappa shape index (κ1) is 17.6. The predicted octanol–water partition coefficient (Wildman–Crippen LogP) is 2.55. The zero-order valence-corrected chi connectivity index (χ0v) is 15.9. The Kier molecular flexibility index (Phi) is 5.27. The Labute approximate surface area is 156 Å². The molecule has 3 fully saturated rings. The number of carbonyl (C=O) groups is 1. The topological polar surface area (TPSA) is 52.6 Å². The molecule has 1 aromatic heterocycles. The van der Waals surface area contributed by atoms with Crippen molar-refractivity contribution in [3.63, 3.8) is 0 Å². The van der Waals surface area contributed by atoms with Crippen molar-refractivity contribution >= 4 is 17.5 Å². The van der Waals surface area contributed by atoms with E-state index >= 15 is 0 Å². The molecule has 0 aromatic carbocycles. The van der Waals surface area contributed by atoms with Gasteiger partial charge in [0.2, 0.25) is 5.91 Å². The number of likely N-dealkylation sites (tertiary alicyclic amines) is 1. The molecule has 0 radical (unpaired) electrons. The normalized spacial score (nSPS) is 22.9. The highest BCUT2D eigenvalue weighted by Gasteiger charge is 2.30. The first-order valence-electron chi connectivity index (χ1n) is 10.3. The highest BCUT2D eigenvalue weighted by Crippen LogP contribution is 2.27. The molecule has 26 heavy (non-hydrogen) atoms. The molecular weight excluding hydrogens is 326 g/mol. The third-order valence-corrected chi connectivity index (χ3v) is 6.33. The number of hydrogen-bond acceptors (Lipinski definition) is 5. The lowest BCUT2D eigenvalue weighted by atomic mass is 9.92. The molecule has 3 aliphatic rings. The Balaban J connectivity index is 1.33. The van der Waals surface area contributed by atoms with Gasteiger partial charge in [0.15, 0.2) is 0 Å². The van der Waals surface area contributed by atoms with Crippen molar-refractivity contribution in [3.8, 4) is 0 Å². The van der Waals surface area contributed by atoms with Gasteiger partial charge >= 0.3 is 0 Å². The Morgan fingerprint density at radius 1 is 0.885 bits per heavy atom. The van der Waals surface area contributed by atoms with Crippen molar-refractivity contribution < 1.29 is 4.79 Å². The van der Waals surface area contributed by atoms with Crippen molar-refractivity contribution in [2.45, 2.75) is 45.4 Å². The van der Waals surface area contributed by atoms with E-state index in [9.17, 15) is 4.79 Å². The van der Waals surface area contributed by atoms with Crippen molar-refractivity contribution in [2.24, 2.45) is 11.8 Å². The molecule has 4 heterocycles. The van der Waals surface area contributed by atoms with E-state index in [2.05, 4.69) is 37.7 Å². The smallest absolute Gasteiger partial charge is 0.225 e. The molecule has 3 saturated heterocycles. The highest BCUT2D eigenvalue weighted by atomic mass is 16.2. The number of hydrogen-bond donors (Lipinski definition) is 0. The fraction of sp³-hybridized carbons (Fsp3) is 0.750. The van der Waals surface area contributed by atoms with Gasteiger partial charge in [0.05, 0.1) is 0 Å². The van der Waals surface area contributed by atoms with Gasteiger partial charge in [-0.1, -0.05) is 6.92 Å². The summed E-state index contributed by atoms with van der Waals surface area (Å²) >= 11 is 0. The fourth-order valence-corrected chi connectivity index (χ4v) is 4.47. The maximum absolute atomic E-state index is 12.8. The van der Waals surface area contributed by atoms with Crippen LogP contribution in [0.25, 0.3) is 0 Å². The van der Waals surface area contributed by atoms with Gasteiger partial charge in [0.25, 0.3) is 0 Å². The molecule has 6 nitrogen and oxygen atoms in total. The number of rotatable bonds is 3. The number of aromatic nitrogens is 2. The fourth-order valence-electron chi connectivity index (χ4n) is 4.47. The van der Waals surface area contributed by atoms with Crippen LogP contribution >= 0.6 is 0 Å². The van der Waals surface area contributed by atoms with Crippen LogP contribution in [0.15, 0.2) is 12.4 Å². The molecule has 0 unspecified atom stereocenters. The van der Waals surface area contributed by atoms with E-state index < -0.39 is 0 Å². The van der Waals surface area contributed by atoms with E-state index in [-0.39, 0.29) is 5.92 Å². The van der Waals surface area contributed by atoms with Gasteiger partial charge < -0.3 is 14.7 Å². The van der Waals surface area contributed by atoms with Crippen molar-refractivity contribution in [2.75, 3.05) is 49.1 Å². The van der Waals surface area contributed by atoms with Crippen LogP contribution in [0, 0.1) is 11.8 Å². The average molecular weight is 358 g/mol. The van der Waals surface area contributed by atoms with E-state index in [0.717, 1.165) is 82.5 Å². The van der Waals surface area contributed by atoms with Gasteiger partial charge in [0.1, 0.15) is 18.0 Å². The minimum Gasteiger partial charge on any atom is -0.356 e. The zero-order valence-electron chi connectivity index (χ0n) is 15.9. The molecular formula is C20H31N5O. The molecule has 3 aliphatic heterocycles. The summed E-state index contributed by atoms with van der Waals surface area (Å²) in [7, 11) is 0. The lowest BCUT2D eigenvalue weighted by Gasteiger charge is -2.37. The molecule has 0 atom stereocenters. The van der Waals surface area contributed by atoms with E-state index in [1.165, 1.54) is 12.8 Å². The molecule has 142 valence electrons. The molecule has 0 saturated carbocycles. The van der Waals surface area contributed by atoms with Crippen LogP contribution in [0.2, 0.25) is 0 Å². The summed E-state index contributed by atoms with van der Waals surface area (Å²) in [5.41, 5.74) is 0. The monoisotopic (exact) mass is 357 g/mol. The van der Waals surface area contributed by atoms with Crippen LogP contribution in [-0.2, 0) is 4.79 Å². The standard InChI is InChI=1S/C20H31N5O/c1-16-4-10-25(11-5-16)20(26)17-6-12-24(13-7-17)19-14-18(21-15-22-19)23-8-2-3-9-23/h14-17H,2-13H2,1H3. The number of amides is 1. The SMILES string of the molecule is CC1CCN(C(=O)C2CCN(c3cc(N4CCCC4)ncn3)CC2)CC1. The molecule has 1 aromatic rings. The number of carbonyl (C=O) groups excluding carboxylic acids is 1. The largest absolute Gasteiger partial charge is 0.356 e. The third-order valence-electron chi connectivity index (χ3n) is 6.33. The second-order valence-electron chi connectivity index (χ2n) is 8.20. The molecule has 0 aliphatic carbocycles. The maximum Gasteiger partial charge on any atom is 0.225 e. The van der Waals surface area contributed by atoms with Gasteiger partial charge in [-0.15, -0.1) is 0 Å². The van der Waals surface area contributed by atoms with E-state index in [0.29, 0.717) is 5.91 Å². The third kappa shape index (κ3) is 3.79. The van der Waals surface area contributed by atoms with Crippen LogP contribution in [0.1, 0.15) is 45.4 Å². The molecule has 6 heteroatoms. The summed E-state index contributed by atoms with van der Waals surface area (Å²) < 4.78 is 0. The van der Waals surface area contributed by atoms with Crippen LogP contribution in [0.3, 0.4) is 0 Å². The number of anilines is 2. The predicted molar refractivity (Wildman–Crippen MR) is 103 cm³/mol. The van der Waals surface area contributed by atoms with Gasteiger partial charge in [0, 0.05) is 51.3 Å². The Morgan fingerprint density at radius 3 is 2.08 bits per heavy atom. The second-order valence-corrected chi connectivity index (χ2v) is 8.20. The lowest BCUT2D eigenvalue weighted by molar-refractivity contribution is -0.137. The molecule has 1 amide bonds. The van der Waals surface area contributed by atoms with Crippen LogP contribution < -0.4 is 9.80 Å². The maximum atomic E-state index is 12.8.